The number of rotatable bonds is 2. The minimum atomic E-state index is -1.10. The van der Waals surface area contributed by atoms with Gasteiger partial charge in [0.25, 0.3) is 11.5 Å². The summed E-state index contributed by atoms with van der Waals surface area (Å²) in [5.41, 5.74) is 3.02. The van der Waals surface area contributed by atoms with Gasteiger partial charge in [0, 0.05) is 36.2 Å². The molecule has 1 aliphatic rings. The molecule has 1 aliphatic heterocycles. The van der Waals surface area contributed by atoms with Crippen molar-refractivity contribution in [2.45, 2.75) is 19.6 Å². The summed E-state index contributed by atoms with van der Waals surface area (Å²) in [5, 5.41) is 0.316. The van der Waals surface area contributed by atoms with Crippen LogP contribution in [0.5, 0.6) is 0 Å². The predicted octanol–water partition coefficient (Wildman–Crippen LogP) is 3.71. The summed E-state index contributed by atoms with van der Waals surface area (Å²) in [6.07, 6.45) is 3.69. The fourth-order valence-electron chi connectivity index (χ4n) is 4.27. The van der Waals surface area contributed by atoms with Crippen molar-refractivity contribution < 1.29 is 18.3 Å². The lowest BCUT2D eigenvalue weighted by Gasteiger charge is -2.34. The second-order valence-corrected chi connectivity index (χ2v) is 7.87. The number of fused-ring (bicyclic) bond motifs is 4. The van der Waals surface area contributed by atoms with Crippen LogP contribution in [0.15, 0.2) is 47.5 Å². The van der Waals surface area contributed by atoms with Crippen molar-refractivity contribution in [1.29, 1.82) is 0 Å². The maximum absolute atomic E-state index is 14.1. The van der Waals surface area contributed by atoms with Gasteiger partial charge in [-0.15, -0.1) is 0 Å². The standard InChI is InChI=1S/C23H19F2N3O3/c1-12-5-14-4-3-13(9-28(14)8-12)23(30)27(2)20-11-31-10-19-21(20)15-6-17(24)18(25)7-16(15)22(29)26-19/h3-9,20H,10-11H2,1-2H3,(H,26,29)/t20-/m1/s1. The van der Waals surface area contributed by atoms with Crippen LogP contribution in [0.1, 0.15) is 33.2 Å². The van der Waals surface area contributed by atoms with E-state index in [0.717, 1.165) is 23.2 Å². The van der Waals surface area contributed by atoms with E-state index < -0.39 is 23.2 Å². The third-order valence-corrected chi connectivity index (χ3v) is 5.80. The molecule has 0 saturated heterocycles. The molecule has 1 atom stereocenters. The zero-order valence-electron chi connectivity index (χ0n) is 16.9. The van der Waals surface area contributed by atoms with Crippen LogP contribution < -0.4 is 5.56 Å². The van der Waals surface area contributed by atoms with E-state index in [1.807, 2.05) is 29.7 Å². The molecule has 5 rings (SSSR count). The number of carbonyl (C=O) groups excluding carboxylic acids is 1. The highest BCUT2D eigenvalue weighted by Crippen LogP contribution is 2.34. The molecule has 4 aromatic rings. The van der Waals surface area contributed by atoms with Crippen molar-refractivity contribution in [2.24, 2.45) is 0 Å². The monoisotopic (exact) mass is 423 g/mol. The molecule has 0 spiro atoms. The number of aryl methyl sites for hydroxylation is 1. The van der Waals surface area contributed by atoms with Crippen molar-refractivity contribution in [3.05, 3.63) is 87.1 Å². The van der Waals surface area contributed by atoms with E-state index in [4.69, 9.17) is 4.74 Å². The number of carbonyl (C=O) groups is 1. The smallest absolute Gasteiger partial charge is 0.256 e. The number of H-pyrrole nitrogens is 1. The Balaban J connectivity index is 1.61. The number of amides is 1. The van der Waals surface area contributed by atoms with Gasteiger partial charge in [0.1, 0.15) is 0 Å². The van der Waals surface area contributed by atoms with Crippen LogP contribution in [0.4, 0.5) is 8.78 Å². The van der Waals surface area contributed by atoms with Gasteiger partial charge >= 0.3 is 0 Å². The molecule has 3 aromatic heterocycles. The summed E-state index contributed by atoms with van der Waals surface area (Å²) in [5.74, 6) is -2.40. The van der Waals surface area contributed by atoms with Gasteiger partial charge in [-0.1, -0.05) is 0 Å². The molecule has 0 bridgehead atoms. The maximum atomic E-state index is 14.1. The zero-order chi connectivity index (χ0) is 21.9. The Morgan fingerprint density at radius 1 is 1.16 bits per heavy atom. The zero-order valence-corrected chi connectivity index (χ0v) is 16.9. The van der Waals surface area contributed by atoms with Crippen molar-refractivity contribution in [3.8, 4) is 0 Å². The van der Waals surface area contributed by atoms with Gasteiger partial charge < -0.3 is 19.0 Å². The quantitative estimate of drug-likeness (QED) is 0.535. The molecule has 1 aromatic carbocycles. The van der Waals surface area contributed by atoms with Crippen LogP contribution >= 0.6 is 0 Å². The summed E-state index contributed by atoms with van der Waals surface area (Å²) in [4.78, 5) is 29.9. The lowest BCUT2D eigenvalue weighted by molar-refractivity contribution is 0.0335. The number of nitrogens with zero attached hydrogens (tertiary/aromatic N) is 2. The Morgan fingerprint density at radius 2 is 1.90 bits per heavy atom. The van der Waals surface area contributed by atoms with Crippen LogP contribution in [-0.2, 0) is 11.3 Å². The number of nitrogens with one attached hydrogen (secondary N) is 1. The number of pyridine rings is 2. The fraction of sp³-hybridized carbons (Fsp3) is 0.217. The lowest BCUT2D eigenvalue weighted by atomic mass is 9.95. The molecule has 0 unspecified atom stereocenters. The minimum Gasteiger partial charge on any atom is -0.373 e. The second-order valence-electron chi connectivity index (χ2n) is 7.87. The summed E-state index contributed by atoms with van der Waals surface area (Å²) in [6.45, 7) is 2.26. The Hall–Kier alpha value is -3.52. The first kappa shape index (κ1) is 19.4. The van der Waals surface area contributed by atoms with Crippen molar-refractivity contribution in [2.75, 3.05) is 13.7 Å². The Labute approximate surface area is 175 Å². The summed E-state index contributed by atoms with van der Waals surface area (Å²) in [6, 6.07) is 6.95. The molecule has 1 amide bonds. The number of ether oxygens (including phenoxy) is 1. The Kier molecular flexibility index (Phi) is 4.40. The second kappa shape index (κ2) is 7.02. The SMILES string of the molecule is Cc1cc2ccc(C(=O)N(C)[C@@H]3COCc4[nH]c(=O)c5cc(F)c(F)cc5c43)cn2c1. The number of aromatic nitrogens is 2. The molecule has 6 nitrogen and oxygen atoms in total. The number of aromatic amines is 1. The fourth-order valence-corrected chi connectivity index (χ4v) is 4.27. The number of hydrogen-bond donors (Lipinski definition) is 1. The minimum absolute atomic E-state index is 0.0367. The number of halogens is 2. The van der Waals surface area contributed by atoms with Crippen LogP contribution in [0.3, 0.4) is 0 Å². The van der Waals surface area contributed by atoms with Gasteiger partial charge in [0.05, 0.1) is 30.2 Å². The third-order valence-electron chi connectivity index (χ3n) is 5.80. The molecule has 31 heavy (non-hydrogen) atoms. The highest BCUT2D eigenvalue weighted by atomic mass is 19.2. The van der Waals surface area contributed by atoms with E-state index in [1.54, 1.807) is 19.3 Å². The van der Waals surface area contributed by atoms with Crippen molar-refractivity contribution >= 4 is 22.2 Å². The maximum Gasteiger partial charge on any atom is 0.256 e. The molecule has 4 heterocycles. The van der Waals surface area contributed by atoms with Crippen LogP contribution in [-0.4, -0.2) is 33.8 Å². The number of likely N-dealkylation sites (N-methyl/N-ethyl adjacent to an activating group) is 1. The van der Waals surface area contributed by atoms with E-state index >= 15 is 0 Å². The highest BCUT2D eigenvalue weighted by Gasteiger charge is 2.31. The van der Waals surface area contributed by atoms with E-state index in [1.165, 1.54) is 4.90 Å². The van der Waals surface area contributed by atoms with E-state index in [0.29, 0.717) is 16.8 Å². The first-order chi connectivity index (χ1) is 14.8. The molecule has 0 fully saturated rings. The molecular formula is C23H19F2N3O3. The molecule has 158 valence electrons. The Morgan fingerprint density at radius 3 is 2.68 bits per heavy atom. The van der Waals surface area contributed by atoms with Crippen LogP contribution in [0, 0.1) is 18.6 Å². The van der Waals surface area contributed by atoms with E-state index in [9.17, 15) is 18.4 Å². The summed E-state index contributed by atoms with van der Waals surface area (Å²) < 4.78 is 35.3. The van der Waals surface area contributed by atoms with Gasteiger partial charge in [-0.3, -0.25) is 9.59 Å². The number of hydrogen-bond acceptors (Lipinski definition) is 3. The molecule has 8 heteroatoms. The van der Waals surface area contributed by atoms with E-state index in [2.05, 4.69) is 4.98 Å². The van der Waals surface area contributed by atoms with Gasteiger partial charge in [-0.2, -0.15) is 0 Å². The average Bonchev–Trinajstić information content (AvgIpc) is 3.12. The lowest BCUT2D eigenvalue weighted by Crippen LogP contribution is -2.37. The van der Waals surface area contributed by atoms with Crippen LogP contribution in [0.25, 0.3) is 16.3 Å². The van der Waals surface area contributed by atoms with Crippen molar-refractivity contribution in [3.63, 3.8) is 0 Å². The summed E-state index contributed by atoms with van der Waals surface area (Å²) >= 11 is 0. The molecule has 0 saturated carbocycles. The number of benzene rings is 1. The van der Waals surface area contributed by atoms with Gasteiger partial charge in [-0.05, 0) is 48.2 Å². The van der Waals surface area contributed by atoms with Gasteiger partial charge in [-0.25, -0.2) is 8.78 Å². The third kappa shape index (κ3) is 3.11. The van der Waals surface area contributed by atoms with E-state index in [-0.39, 0.29) is 29.9 Å². The van der Waals surface area contributed by atoms with Gasteiger partial charge in [0.15, 0.2) is 11.6 Å². The molecule has 0 aliphatic carbocycles. The van der Waals surface area contributed by atoms with Gasteiger partial charge in [0.2, 0.25) is 0 Å². The van der Waals surface area contributed by atoms with Crippen molar-refractivity contribution in [1.82, 2.24) is 14.3 Å². The molecular weight excluding hydrogens is 404 g/mol. The largest absolute Gasteiger partial charge is 0.373 e. The highest BCUT2D eigenvalue weighted by molar-refractivity contribution is 5.95. The van der Waals surface area contributed by atoms with Crippen LogP contribution in [0.2, 0.25) is 0 Å². The average molecular weight is 423 g/mol. The Bertz CT molecular complexity index is 1420. The predicted molar refractivity (Wildman–Crippen MR) is 111 cm³/mol. The summed E-state index contributed by atoms with van der Waals surface area (Å²) in [7, 11) is 1.63. The molecule has 0 radical (unpaired) electrons. The topological polar surface area (TPSA) is 66.8 Å². The molecule has 1 N–H and O–H groups in total. The normalized spacial score (nSPS) is 15.9. The first-order valence-corrected chi connectivity index (χ1v) is 9.80. The first-order valence-electron chi connectivity index (χ1n) is 9.80.